The molecule has 1 aromatic carbocycles. The van der Waals surface area contributed by atoms with Crippen LogP contribution in [0.1, 0.15) is 31.9 Å². The van der Waals surface area contributed by atoms with Gasteiger partial charge in [-0.2, -0.15) is 13.2 Å². The van der Waals surface area contributed by atoms with Crippen LogP contribution < -0.4 is 5.32 Å². The normalized spacial score (nSPS) is 13.0. The molecule has 0 aromatic heterocycles. The number of carbonyl (C=O) groups excluding carboxylic acids is 1. The summed E-state index contributed by atoms with van der Waals surface area (Å²) in [5.41, 5.74) is -0.761. The highest BCUT2D eigenvalue weighted by Crippen LogP contribution is 2.32. The molecule has 2 nitrogen and oxygen atoms in total. The molecule has 0 radical (unpaired) electrons. The molecule has 120 valence electrons. The van der Waals surface area contributed by atoms with Crippen LogP contribution in [0.2, 0.25) is 0 Å². The lowest BCUT2D eigenvalue weighted by Crippen LogP contribution is -2.36. The number of nitrogens with one attached hydrogen (secondary N) is 1. The molecule has 1 N–H and O–H groups in total. The summed E-state index contributed by atoms with van der Waals surface area (Å²) in [5.74, 6) is -0.279. The molecule has 22 heavy (non-hydrogen) atoms. The molecule has 0 aliphatic heterocycles. The Bertz CT molecular complexity index is 572. The summed E-state index contributed by atoms with van der Waals surface area (Å²) in [6, 6.07) is 5.19. The van der Waals surface area contributed by atoms with Gasteiger partial charge in [0.15, 0.2) is 0 Å². The van der Waals surface area contributed by atoms with Crippen LogP contribution in [0, 0.1) is 0 Å². The number of carbonyl (C=O) groups is 1. The van der Waals surface area contributed by atoms with Crippen LogP contribution in [0.25, 0.3) is 0 Å². The standard InChI is InChI=1S/C17H20F3NO/c1-4-5-6-10-15(22)21-12-16(2,3)13-8-7-9-14(11-13)17(18,19)20/h4-11H,12H2,1-3H3,(H,21,22)/b5-4+,10-6?. The number of alkyl halides is 3. The zero-order chi connectivity index (χ0) is 16.8. The van der Waals surface area contributed by atoms with E-state index in [4.69, 9.17) is 0 Å². The second-order valence-corrected chi connectivity index (χ2v) is 5.57. The van der Waals surface area contributed by atoms with Gasteiger partial charge in [0.2, 0.25) is 5.91 Å². The summed E-state index contributed by atoms with van der Waals surface area (Å²) in [4.78, 5) is 11.6. The molecule has 1 aromatic rings. The van der Waals surface area contributed by atoms with Crippen molar-refractivity contribution in [3.63, 3.8) is 0 Å². The van der Waals surface area contributed by atoms with E-state index in [0.717, 1.165) is 12.1 Å². The van der Waals surface area contributed by atoms with Crippen molar-refractivity contribution in [2.24, 2.45) is 0 Å². The molecule has 0 unspecified atom stereocenters. The Morgan fingerprint density at radius 3 is 2.41 bits per heavy atom. The lowest BCUT2D eigenvalue weighted by Gasteiger charge is -2.26. The van der Waals surface area contributed by atoms with Crippen molar-refractivity contribution in [3.05, 3.63) is 59.7 Å². The maximum absolute atomic E-state index is 12.8. The van der Waals surface area contributed by atoms with Crippen molar-refractivity contribution in [1.82, 2.24) is 5.32 Å². The quantitative estimate of drug-likeness (QED) is 0.640. The van der Waals surface area contributed by atoms with E-state index in [1.165, 1.54) is 12.1 Å². The summed E-state index contributed by atoms with van der Waals surface area (Å²) in [6.45, 7) is 5.66. The monoisotopic (exact) mass is 311 g/mol. The maximum Gasteiger partial charge on any atom is 0.416 e. The van der Waals surface area contributed by atoms with Crippen LogP contribution in [0.15, 0.2) is 48.6 Å². The van der Waals surface area contributed by atoms with E-state index in [0.29, 0.717) is 5.56 Å². The van der Waals surface area contributed by atoms with Crippen LogP contribution in [0.5, 0.6) is 0 Å². The Labute approximate surface area is 128 Å². The molecule has 5 heteroatoms. The highest BCUT2D eigenvalue weighted by atomic mass is 19.4. The summed E-state index contributed by atoms with van der Waals surface area (Å²) in [6.07, 6.45) is 2.12. The van der Waals surface area contributed by atoms with Gasteiger partial charge in [0.25, 0.3) is 0 Å². The summed E-state index contributed by atoms with van der Waals surface area (Å²) in [5, 5.41) is 2.70. The number of allylic oxidation sites excluding steroid dienone is 3. The number of rotatable bonds is 5. The molecule has 1 rings (SSSR count). The first-order valence-corrected chi connectivity index (χ1v) is 6.92. The van der Waals surface area contributed by atoms with Crippen molar-refractivity contribution >= 4 is 5.91 Å². The zero-order valence-corrected chi connectivity index (χ0v) is 12.9. The van der Waals surface area contributed by atoms with Gasteiger partial charge in [-0.3, -0.25) is 4.79 Å². The predicted molar refractivity (Wildman–Crippen MR) is 81.4 cm³/mol. The fourth-order valence-corrected chi connectivity index (χ4v) is 1.84. The minimum Gasteiger partial charge on any atom is -0.352 e. The Morgan fingerprint density at radius 1 is 1.18 bits per heavy atom. The van der Waals surface area contributed by atoms with Gasteiger partial charge >= 0.3 is 6.18 Å². The summed E-state index contributed by atoms with van der Waals surface area (Å²) in [7, 11) is 0. The minimum atomic E-state index is -4.37. The van der Waals surface area contributed by atoms with Gasteiger partial charge < -0.3 is 5.32 Å². The molecule has 0 fully saturated rings. The minimum absolute atomic E-state index is 0.243. The fourth-order valence-electron chi connectivity index (χ4n) is 1.84. The second kappa shape index (κ2) is 7.29. The second-order valence-electron chi connectivity index (χ2n) is 5.57. The van der Waals surface area contributed by atoms with Crippen LogP contribution in [-0.2, 0) is 16.4 Å². The van der Waals surface area contributed by atoms with E-state index in [9.17, 15) is 18.0 Å². The third-order valence-corrected chi connectivity index (χ3v) is 3.23. The first-order valence-electron chi connectivity index (χ1n) is 6.92. The topological polar surface area (TPSA) is 29.1 Å². The fraction of sp³-hybridized carbons (Fsp3) is 0.353. The third-order valence-electron chi connectivity index (χ3n) is 3.23. The molecule has 0 saturated heterocycles. The molecule has 0 atom stereocenters. The van der Waals surface area contributed by atoms with Crippen molar-refractivity contribution in [2.75, 3.05) is 6.54 Å². The Kier molecular flexibility index (Phi) is 5.97. The number of hydrogen-bond acceptors (Lipinski definition) is 1. The Morgan fingerprint density at radius 2 is 1.82 bits per heavy atom. The van der Waals surface area contributed by atoms with E-state index in [1.807, 2.05) is 6.92 Å². The smallest absolute Gasteiger partial charge is 0.352 e. The maximum atomic E-state index is 12.8. The lowest BCUT2D eigenvalue weighted by molar-refractivity contribution is -0.137. The average Bonchev–Trinajstić information content (AvgIpc) is 2.45. The summed E-state index contributed by atoms with van der Waals surface area (Å²) >= 11 is 0. The molecule has 0 spiro atoms. The van der Waals surface area contributed by atoms with E-state index in [2.05, 4.69) is 5.32 Å². The van der Waals surface area contributed by atoms with Gasteiger partial charge in [0.1, 0.15) is 0 Å². The van der Waals surface area contributed by atoms with Gasteiger partial charge in [-0.25, -0.2) is 0 Å². The van der Waals surface area contributed by atoms with Gasteiger partial charge in [0, 0.05) is 18.0 Å². The van der Waals surface area contributed by atoms with E-state index in [-0.39, 0.29) is 12.5 Å². The van der Waals surface area contributed by atoms with Gasteiger partial charge in [0.05, 0.1) is 5.56 Å². The van der Waals surface area contributed by atoms with E-state index < -0.39 is 17.2 Å². The predicted octanol–water partition coefficient (Wildman–Crippen LogP) is 4.23. The van der Waals surface area contributed by atoms with Crippen molar-refractivity contribution in [3.8, 4) is 0 Å². The zero-order valence-electron chi connectivity index (χ0n) is 12.9. The molecule has 0 saturated carbocycles. The third kappa shape index (κ3) is 5.39. The molecule has 1 amide bonds. The number of hydrogen-bond donors (Lipinski definition) is 1. The first kappa shape index (κ1) is 18.0. The van der Waals surface area contributed by atoms with Gasteiger partial charge in [-0.05, 0) is 18.6 Å². The number of benzene rings is 1. The highest BCUT2D eigenvalue weighted by molar-refractivity contribution is 5.87. The van der Waals surface area contributed by atoms with Crippen LogP contribution in [-0.4, -0.2) is 12.5 Å². The van der Waals surface area contributed by atoms with Crippen LogP contribution in [0.4, 0.5) is 13.2 Å². The first-order chi connectivity index (χ1) is 10.2. The van der Waals surface area contributed by atoms with Crippen LogP contribution >= 0.6 is 0 Å². The average molecular weight is 311 g/mol. The number of amides is 1. The van der Waals surface area contributed by atoms with Crippen LogP contribution in [0.3, 0.4) is 0 Å². The molecular formula is C17H20F3NO. The molecule has 0 aliphatic carbocycles. The van der Waals surface area contributed by atoms with Gasteiger partial charge in [-0.1, -0.05) is 50.3 Å². The lowest BCUT2D eigenvalue weighted by atomic mass is 9.83. The molecule has 0 aliphatic rings. The van der Waals surface area contributed by atoms with Crippen molar-refractivity contribution in [1.29, 1.82) is 0 Å². The number of halogens is 3. The van der Waals surface area contributed by atoms with Crippen molar-refractivity contribution < 1.29 is 18.0 Å². The highest BCUT2D eigenvalue weighted by Gasteiger charge is 2.32. The Hall–Kier alpha value is -2.04. The SMILES string of the molecule is C/C=C/C=CC(=O)NCC(C)(C)c1cccc(C(F)(F)F)c1. The van der Waals surface area contributed by atoms with Crippen molar-refractivity contribution in [2.45, 2.75) is 32.4 Å². The van der Waals surface area contributed by atoms with E-state index in [1.54, 1.807) is 38.1 Å². The molecule has 0 bridgehead atoms. The molecule has 0 heterocycles. The summed E-state index contributed by atoms with van der Waals surface area (Å²) < 4.78 is 38.3. The Balaban J connectivity index is 2.80. The molecular weight excluding hydrogens is 291 g/mol. The largest absolute Gasteiger partial charge is 0.416 e. The van der Waals surface area contributed by atoms with Gasteiger partial charge in [-0.15, -0.1) is 0 Å². The van der Waals surface area contributed by atoms with E-state index >= 15 is 0 Å².